The third kappa shape index (κ3) is 4.09. The predicted octanol–water partition coefficient (Wildman–Crippen LogP) is 1.63. The van der Waals surface area contributed by atoms with Crippen LogP contribution in [0.4, 0.5) is 0 Å². The maximum Gasteiger partial charge on any atom is 0.266 e. The summed E-state index contributed by atoms with van der Waals surface area (Å²) < 4.78 is 3.29. The zero-order chi connectivity index (χ0) is 19.3. The normalized spacial score (nSPS) is 17.1. The lowest BCUT2D eigenvalue weighted by Crippen LogP contribution is -2.39. The van der Waals surface area contributed by atoms with Crippen molar-refractivity contribution in [1.82, 2.24) is 24.2 Å². The van der Waals surface area contributed by atoms with Crippen molar-refractivity contribution >= 4 is 0 Å². The van der Waals surface area contributed by atoms with Crippen LogP contribution < -0.4 is 11.1 Å². The number of aromatic nitrogens is 4. The monoisotopic (exact) mass is 377 g/mol. The van der Waals surface area contributed by atoms with E-state index in [1.54, 1.807) is 45.9 Å². The Bertz CT molecular complexity index is 1040. The van der Waals surface area contributed by atoms with Gasteiger partial charge in [-0.1, -0.05) is 6.07 Å². The minimum Gasteiger partial charge on any atom is -0.314 e. The van der Waals surface area contributed by atoms with Gasteiger partial charge in [-0.3, -0.25) is 19.5 Å². The molecule has 4 heterocycles. The SMILES string of the molecule is O=c1ccccn1CCN1CCCC1Cn1nc(-c2ccncc2)ccc1=O. The summed E-state index contributed by atoms with van der Waals surface area (Å²) in [6.45, 7) is 2.97. The Labute approximate surface area is 162 Å². The van der Waals surface area contributed by atoms with Crippen LogP contribution in [0.3, 0.4) is 0 Å². The van der Waals surface area contributed by atoms with Crippen LogP contribution in [0.25, 0.3) is 11.3 Å². The lowest BCUT2D eigenvalue weighted by atomic mass is 10.2. The van der Waals surface area contributed by atoms with Gasteiger partial charge in [0.1, 0.15) is 0 Å². The van der Waals surface area contributed by atoms with E-state index >= 15 is 0 Å². The summed E-state index contributed by atoms with van der Waals surface area (Å²) in [6.07, 6.45) is 7.37. The van der Waals surface area contributed by atoms with Gasteiger partial charge >= 0.3 is 0 Å². The maximum absolute atomic E-state index is 12.3. The summed E-state index contributed by atoms with van der Waals surface area (Å²) in [7, 11) is 0. The van der Waals surface area contributed by atoms with E-state index < -0.39 is 0 Å². The van der Waals surface area contributed by atoms with E-state index in [1.165, 1.54) is 0 Å². The standard InChI is InChI=1S/C21H23N5O2/c27-20-5-1-2-12-25(20)15-14-24-13-3-4-18(24)16-26-21(28)7-6-19(23-26)17-8-10-22-11-9-17/h1-2,5-12,18H,3-4,13-16H2. The van der Waals surface area contributed by atoms with E-state index in [0.29, 0.717) is 13.1 Å². The molecule has 0 N–H and O–H groups in total. The topological polar surface area (TPSA) is 73.0 Å². The average Bonchev–Trinajstić information content (AvgIpc) is 3.17. The summed E-state index contributed by atoms with van der Waals surface area (Å²) in [5.41, 5.74) is 1.63. The van der Waals surface area contributed by atoms with Crippen molar-refractivity contribution in [1.29, 1.82) is 0 Å². The van der Waals surface area contributed by atoms with Gasteiger partial charge in [0, 0.05) is 55.4 Å². The van der Waals surface area contributed by atoms with Crippen LogP contribution in [-0.2, 0) is 13.1 Å². The molecule has 1 unspecified atom stereocenters. The van der Waals surface area contributed by atoms with Gasteiger partial charge in [-0.05, 0) is 43.7 Å². The lowest BCUT2D eigenvalue weighted by molar-refractivity contribution is 0.216. The first kappa shape index (κ1) is 18.3. The molecule has 0 aliphatic carbocycles. The Hall–Kier alpha value is -3.06. The van der Waals surface area contributed by atoms with Crippen LogP contribution in [0.15, 0.2) is 70.6 Å². The number of likely N-dealkylation sites (tertiary alicyclic amines) is 1. The molecule has 0 radical (unpaired) electrons. The number of hydrogen-bond acceptors (Lipinski definition) is 5. The zero-order valence-electron chi connectivity index (χ0n) is 15.6. The Morgan fingerprint density at radius 1 is 0.964 bits per heavy atom. The molecule has 7 heteroatoms. The molecule has 0 bridgehead atoms. The molecule has 1 aliphatic rings. The zero-order valence-corrected chi connectivity index (χ0v) is 15.6. The van der Waals surface area contributed by atoms with Gasteiger partial charge in [-0.25, -0.2) is 4.68 Å². The second-order valence-corrected chi connectivity index (χ2v) is 7.04. The first-order valence-corrected chi connectivity index (χ1v) is 9.59. The second kappa shape index (κ2) is 8.31. The Kier molecular flexibility index (Phi) is 5.43. The second-order valence-electron chi connectivity index (χ2n) is 7.04. The maximum atomic E-state index is 12.3. The highest BCUT2D eigenvalue weighted by molar-refractivity contribution is 5.56. The molecule has 28 heavy (non-hydrogen) atoms. The molecule has 1 atom stereocenters. The van der Waals surface area contributed by atoms with Crippen molar-refractivity contribution in [3.63, 3.8) is 0 Å². The van der Waals surface area contributed by atoms with Gasteiger partial charge in [0.25, 0.3) is 11.1 Å². The van der Waals surface area contributed by atoms with Gasteiger partial charge in [0.15, 0.2) is 0 Å². The van der Waals surface area contributed by atoms with Crippen LogP contribution in [0.5, 0.6) is 0 Å². The molecule has 144 valence electrons. The molecule has 4 rings (SSSR count). The largest absolute Gasteiger partial charge is 0.314 e. The predicted molar refractivity (Wildman–Crippen MR) is 107 cm³/mol. The van der Waals surface area contributed by atoms with Gasteiger partial charge in [0.05, 0.1) is 12.2 Å². The average molecular weight is 377 g/mol. The summed E-state index contributed by atoms with van der Waals surface area (Å²) >= 11 is 0. The first-order chi connectivity index (χ1) is 13.7. The van der Waals surface area contributed by atoms with E-state index in [1.807, 2.05) is 24.4 Å². The summed E-state index contributed by atoms with van der Waals surface area (Å²) in [5.74, 6) is 0. The van der Waals surface area contributed by atoms with Crippen LogP contribution in [-0.4, -0.2) is 43.4 Å². The molecule has 0 saturated carbocycles. The third-order valence-electron chi connectivity index (χ3n) is 5.25. The van der Waals surface area contributed by atoms with Crippen molar-refractivity contribution in [3.05, 3.63) is 81.8 Å². The molecule has 0 amide bonds. The molecule has 0 spiro atoms. The molecular weight excluding hydrogens is 354 g/mol. The Morgan fingerprint density at radius 2 is 1.82 bits per heavy atom. The van der Waals surface area contributed by atoms with E-state index in [0.717, 1.165) is 37.2 Å². The van der Waals surface area contributed by atoms with Gasteiger partial charge in [-0.15, -0.1) is 0 Å². The molecule has 1 fully saturated rings. The van der Waals surface area contributed by atoms with Crippen molar-refractivity contribution in [2.75, 3.05) is 13.1 Å². The highest BCUT2D eigenvalue weighted by Crippen LogP contribution is 2.19. The van der Waals surface area contributed by atoms with Crippen LogP contribution in [0.2, 0.25) is 0 Å². The molecule has 1 aliphatic heterocycles. The highest BCUT2D eigenvalue weighted by Gasteiger charge is 2.25. The quantitative estimate of drug-likeness (QED) is 0.653. The van der Waals surface area contributed by atoms with Crippen molar-refractivity contribution in [2.45, 2.75) is 32.0 Å². The molecule has 0 aromatic carbocycles. The molecule has 7 nitrogen and oxygen atoms in total. The van der Waals surface area contributed by atoms with E-state index in [-0.39, 0.29) is 17.2 Å². The highest BCUT2D eigenvalue weighted by atomic mass is 16.1. The number of pyridine rings is 2. The fourth-order valence-corrected chi connectivity index (χ4v) is 3.73. The first-order valence-electron chi connectivity index (χ1n) is 9.59. The number of rotatable bonds is 6. The minimum absolute atomic E-state index is 0.0150. The van der Waals surface area contributed by atoms with Crippen LogP contribution >= 0.6 is 0 Å². The fraction of sp³-hybridized carbons (Fsp3) is 0.333. The van der Waals surface area contributed by atoms with Gasteiger partial charge in [-0.2, -0.15) is 5.10 Å². The van der Waals surface area contributed by atoms with Crippen molar-refractivity contribution < 1.29 is 0 Å². The van der Waals surface area contributed by atoms with Crippen molar-refractivity contribution in [2.24, 2.45) is 0 Å². The van der Waals surface area contributed by atoms with Gasteiger partial charge < -0.3 is 4.57 Å². The Balaban J connectivity index is 1.48. The molecule has 3 aromatic rings. The number of nitrogens with zero attached hydrogens (tertiary/aromatic N) is 5. The van der Waals surface area contributed by atoms with E-state index in [2.05, 4.69) is 15.0 Å². The lowest BCUT2D eigenvalue weighted by Gasteiger charge is -2.25. The molecular formula is C21H23N5O2. The van der Waals surface area contributed by atoms with Gasteiger partial charge in [0.2, 0.25) is 0 Å². The van der Waals surface area contributed by atoms with E-state index in [9.17, 15) is 9.59 Å². The van der Waals surface area contributed by atoms with E-state index in [4.69, 9.17) is 0 Å². The Morgan fingerprint density at radius 3 is 2.64 bits per heavy atom. The fourth-order valence-electron chi connectivity index (χ4n) is 3.73. The minimum atomic E-state index is -0.0936. The van der Waals surface area contributed by atoms with Crippen LogP contribution in [0.1, 0.15) is 12.8 Å². The molecule has 1 saturated heterocycles. The number of hydrogen-bond donors (Lipinski definition) is 0. The summed E-state index contributed by atoms with van der Waals surface area (Å²) in [6, 6.07) is 12.6. The molecule has 3 aromatic heterocycles. The smallest absolute Gasteiger partial charge is 0.266 e. The summed E-state index contributed by atoms with van der Waals surface area (Å²) in [5, 5.41) is 4.57. The van der Waals surface area contributed by atoms with Crippen molar-refractivity contribution in [3.8, 4) is 11.3 Å². The van der Waals surface area contributed by atoms with Crippen LogP contribution in [0, 0.1) is 0 Å². The summed E-state index contributed by atoms with van der Waals surface area (Å²) in [4.78, 5) is 30.6. The third-order valence-corrected chi connectivity index (χ3v) is 5.25.